The maximum atomic E-state index is 13.1. The van der Waals surface area contributed by atoms with Crippen molar-refractivity contribution in [2.75, 3.05) is 7.05 Å². The summed E-state index contributed by atoms with van der Waals surface area (Å²) < 4.78 is 13.1. The van der Waals surface area contributed by atoms with Crippen LogP contribution < -0.4 is 5.32 Å². The monoisotopic (exact) mass is 297 g/mol. The van der Waals surface area contributed by atoms with Crippen LogP contribution in [0.1, 0.15) is 17.2 Å². The maximum Gasteiger partial charge on any atom is 0.141 e. The fourth-order valence-electron chi connectivity index (χ4n) is 2.01. The van der Waals surface area contributed by atoms with E-state index in [0.717, 1.165) is 17.5 Å². The molecule has 2 aromatic carbocycles. The van der Waals surface area contributed by atoms with E-state index in [2.05, 4.69) is 5.32 Å². The summed E-state index contributed by atoms with van der Waals surface area (Å²) in [5.41, 5.74) is 2.07. The quantitative estimate of drug-likeness (QED) is 0.867. The second-order valence-electron chi connectivity index (χ2n) is 4.35. The molecule has 2 rings (SSSR count). The fraction of sp³-hybridized carbons (Fsp3) is 0.200. The van der Waals surface area contributed by atoms with Gasteiger partial charge in [0.25, 0.3) is 0 Å². The number of nitrogens with one attached hydrogen (secondary N) is 1. The third-order valence-corrected chi connectivity index (χ3v) is 3.55. The van der Waals surface area contributed by atoms with Crippen molar-refractivity contribution in [2.24, 2.45) is 0 Å². The molecule has 0 saturated carbocycles. The Labute approximate surface area is 122 Å². The summed E-state index contributed by atoms with van der Waals surface area (Å²) in [5, 5.41) is 4.09. The lowest BCUT2D eigenvalue weighted by Gasteiger charge is -2.17. The number of halogens is 3. The first-order valence-electron chi connectivity index (χ1n) is 5.97. The topological polar surface area (TPSA) is 12.0 Å². The minimum Gasteiger partial charge on any atom is -0.313 e. The Hall–Kier alpha value is -1.09. The molecule has 0 aliphatic heterocycles. The molecule has 0 heterocycles. The predicted molar refractivity (Wildman–Crippen MR) is 78.4 cm³/mol. The second-order valence-corrected chi connectivity index (χ2v) is 5.19. The van der Waals surface area contributed by atoms with Crippen molar-refractivity contribution in [1.29, 1.82) is 0 Å². The minimum atomic E-state index is -0.394. The van der Waals surface area contributed by atoms with Crippen LogP contribution in [0.25, 0.3) is 0 Å². The molecule has 100 valence electrons. The van der Waals surface area contributed by atoms with Gasteiger partial charge in [-0.05, 0) is 48.9 Å². The van der Waals surface area contributed by atoms with Gasteiger partial charge in [-0.25, -0.2) is 4.39 Å². The van der Waals surface area contributed by atoms with Gasteiger partial charge in [0.2, 0.25) is 0 Å². The molecular weight excluding hydrogens is 284 g/mol. The second kappa shape index (κ2) is 6.38. The molecule has 0 aromatic heterocycles. The Balaban J connectivity index is 2.21. The van der Waals surface area contributed by atoms with Gasteiger partial charge < -0.3 is 5.32 Å². The molecule has 0 amide bonds. The first-order valence-corrected chi connectivity index (χ1v) is 6.72. The summed E-state index contributed by atoms with van der Waals surface area (Å²) in [7, 11) is 1.89. The van der Waals surface area contributed by atoms with Crippen molar-refractivity contribution in [3.63, 3.8) is 0 Å². The van der Waals surface area contributed by atoms with Gasteiger partial charge >= 0.3 is 0 Å². The van der Waals surface area contributed by atoms with E-state index in [4.69, 9.17) is 23.2 Å². The number of hydrogen-bond acceptors (Lipinski definition) is 1. The molecule has 0 spiro atoms. The average Bonchev–Trinajstić information content (AvgIpc) is 2.40. The first kappa shape index (κ1) is 14.3. The zero-order chi connectivity index (χ0) is 13.8. The molecule has 0 bridgehead atoms. The molecule has 1 unspecified atom stereocenters. The third kappa shape index (κ3) is 3.69. The maximum absolute atomic E-state index is 13.1. The van der Waals surface area contributed by atoms with Gasteiger partial charge in [-0.2, -0.15) is 0 Å². The van der Waals surface area contributed by atoms with E-state index in [0.29, 0.717) is 5.02 Å². The smallest absolute Gasteiger partial charge is 0.141 e. The molecule has 2 aromatic rings. The molecule has 0 aliphatic rings. The Morgan fingerprint density at radius 2 is 1.95 bits per heavy atom. The molecule has 0 radical (unpaired) electrons. The van der Waals surface area contributed by atoms with E-state index in [1.807, 2.05) is 31.3 Å². The molecule has 0 aliphatic carbocycles. The highest BCUT2D eigenvalue weighted by molar-refractivity contribution is 6.31. The van der Waals surface area contributed by atoms with Crippen molar-refractivity contribution < 1.29 is 4.39 Å². The van der Waals surface area contributed by atoms with Crippen LogP contribution in [0.3, 0.4) is 0 Å². The van der Waals surface area contributed by atoms with Crippen LogP contribution in [-0.2, 0) is 6.42 Å². The Bertz CT molecular complexity index is 572. The molecule has 19 heavy (non-hydrogen) atoms. The molecule has 0 fully saturated rings. The van der Waals surface area contributed by atoms with Crippen LogP contribution in [-0.4, -0.2) is 7.05 Å². The molecule has 4 heteroatoms. The van der Waals surface area contributed by atoms with Gasteiger partial charge in [0.1, 0.15) is 5.82 Å². The molecular formula is C15H14Cl2FN. The van der Waals surface area contributed by atoms with Crippen LogP contribution in [0.2, 0.25) is 10.0 Å². The zero-order valence-electron chi connectivity index (χ0n) is 10.5. The van der Waals surface area contributed by atoms with Crippen LogP contribution in [0.4, 0.5) is 4.39 Å². The summed E-state index contributed by atoms with van der Waals surface area (Å²) in [6, 6.07) is 12.6. The predicted octanol–water partition coefficient (Wildman–Crippen LogP) is 4.64. The minimum absolute atomic E-state index is 0.111. The van der Waals surface area contributed by atoms with Crippen LogP contribution in [0.15, 0.2) is 42.5 Å². The van der Waals surface area contributed by atoms with E-state index < -0.39 is 5.82 Å². The van der Waals surface area contributed by atoms with E-state index in [1.54, 1.807) is 12.1 Å². The van der Waals surface area contributed by atoms with Gasteiger partial charge in [-0.1, -0.05) is 41.4 Å². The number of rotatable bonds is 4. The molecule has 0 saturated heterocycles. The lowest BCUT2D eigenvalue weighted by Crippen LogP contribution is -2.18. The van der Waals surface area contributed by atoms with Crippen molar-refractivity contribution in [1.82, 2.24) is 5.32 Å². The largest absolute Gasteiger partial charge is 0.313 e. The number of hydrogen-bond donors (Lipinski definition) is 1. The van der Waals surface area contributed by atoms with E-state index in [1.165, 1.54) is 6.07 Å². The van der Waals surface area contributed by atoms with Gasteiger partial charge in [0, 0.05) is 11.1 Å². The summed E-state index contributed by atoms with van der Waals surface area (Å²) >= 11 is 11.8. The first-order chi connectivity index (χ1) is 9.10. The zero-order valence-corrected chi connectivity index (χ0v) is 12.0. The summed E-state index contributed by atoms with van der Waals surface area (Å²) in [4.78, 5) is 0. The molecule has 1 atom stereocenters. The SMILES string of the molecule is CNC(Cc1ccc(F)c(Cl)c1)c1cccc(Cl)c1. The van der Waals surface area contributed by atoms with Gasteiger partial charge in [-0.15, -0.1) is 0 Å². The summed E-state index contributed by atoms with van der Waals surface area (Å²) in [5.74, 6) is -0.394. The molecule has 1 N–H and O–H groups in total. The number of benzene rings is 2. The van der Waals surface area contributed by atoms with Gasteiger partial charge in [0.05, 0.1) is 5.02 Å². The third-order valence-electron chi connectivity index (χ3n) is 3.02. The lowest BCUT2D eigenvalue weighted by molar-refractivity contribution is 0.589. The van der Waals surface area contributed by atoms with Crippen LogP contribution >= 0.6 is 23.2 Å². The normalized spacial score (nSPS) is 12.4. The Kier molecular flexibility index (Phi) is 4.81. The Morgan fingerprint density at radius 1 is 1.16 bits per heavy atom. The lowest BCUT2D eigenvalue weighted by atomic mass is 9.99. The average molecular weight is 298 g/mol. The fourth-order valence-corrected chi connectivity index (χ4v) is 2.41. The summed E-state index contributed by atoms with van der Waals surface area (Å²) in [6.45, 7) is 0. The Morgan fingerprint density at radius 3 is 2.58 bits per heavy atom. The van der Waals surface area contributed by atoms with Crippen molar-refractivity contribution >= 4 is 23.2 Å². The van der Waals surface area contributed by atoms with Crippen molar-refractivity contribution in [2.45, 2.75) is 12.5 Å². The van der Waals surface area contributed by atoms with Crippen molar-refractivity contribution in [3.8, 4) is 0 Å². The number of likely N-dealkylation sites (N-methyl/N-ethyl adjacent to an activating group) is 1. The van der Waals surface area contributed by atoms with Crippen LogP contribution in [0.5, 0.6) is 0 Å². The highest BCUT2D eigenvalue weighted by Crippen LogP contribution is 2.23. The van der Waals surface area contributed by atoms with E-state index in [9.17, 15) is 4.39 Å². The van der Waals surface area contributed by atoms with Crippen molar-refractivity contribution in [3.05, 3.63) is 69.5 Å². The van der Waals surface area contributed by atoms with Gasteiger partial charge in [0.15, 0.2) is 0 Å². The molecule has 1 nitrogen and oxygen atoms in total. The highest BCUT2D eigenvalue weighted by Gasteiger charge is 2.11. The van der Waals surface area contributed by atoms with E-state index >= 15 is 0 Å². The highest BCUT2D eigenvalue weighted by atomic mass is 35.5. The summed E-state index contributed by atoms with van der Waals surface area (Å²) in [6.07, 6.45) is 0.719. The van der Waals surface area contributed by atoms with E-state index in [-0.39, 0.29) is 11.1 Å². The van der Waals surface area contributed by atoms with Crippen LogP contribution in [0, 0.1) is 5.82 Å². The van der Waals surface area contributed by atoms with Gasteiger partial charge in [-0.3, -0.25) is 0 Å². The standard InChI is InChI=1S/C15H14Cl2FN/c1-19-15(11-3-2-4-12(16)9-11)8-10-5-6-14(18)13(17)7-10/h2-7,9,15,19H,8H2,1H3.